The van der Waals surface area contributed by atoms with Crippen LogP contribution in [0.3, 0.4) is 0 Å². The number of rotatable bonds is 7. The zero-order valence-corrected chi connectivity index (χ0v) is 10.5. The molecule has 1 atom stereocenters. The molecule has 1 aromatic heterocycles. The van der Waals surface area contributed by atoms with E-state index in [1.165, 1.54) is 12.5 Å². The third kappa shape index (κ3) is 4.17. The highest BCUT2D eigenvalue weighted by atomic mass is 16.4. The number of carbonyl (C=O) groups is 2. The molecule has 0 bridgehead atoms. The summed E-state index contributed by atoms with van der Waals surface area (Å²) in [5.41, 5.74) is 0.00452. The second-order valence-corrected chi connectivity index (χ2v) is 4.05. The maximum Gasteiger partial charge on any atom is 0.356 e. The Kier molecular flexibility index (Phi) is 5.31. The standard InChI is InChI=1S/C11H18N4O3/c1-8(5-12-2)10(16)13-3-4-15-6-9(11(17)18)14-7-15/h6-8,12H,3-5H2,1-2H3,(H,13,16)(H,17,18). The van der Waals surface area contributed by atoms with Crippen molar-refractivity contribution in [1.29, 1.82) is 0 Å². The molecule has 0 aliphatic carbocycles. The van der Waals surface area contributed by atoms with Gasteiger partial charge in [-0.25, -0.2) is 9.78 Å². The molecule has 100 valence electrons. The lowest BCUT2D eigenvalue weighted by molar-refractivity contribution is -0.124. The van der Waals surface area contributed by atoms with Crippen LogP contribution in [0.15, 0.2) is 12.5 Å². The van der Waals surface area contributed by atoms with Crippen LogP contribution in [-0.4, -0.2) is 46.7 Å². The van der Waals surface area contributed by atoms with Crippen LogP contribution in [0.1, 0.15) is 17.4 Å². The molecule has 0 fully saturated rings. The third-order valence-electron chi connectivity index (χ3n) is 2.48. The summed E-state index contributed by atoms with van der Waals surface area (Å²) in [6.07, 6.45) is 2.87. The van der Waals surface area contributed by atoms with Crippen molar-refractivity contribution < 1.29 is 14.7 Å². The Morgan fingerprint density at radius 1 is 1.56 bits per heavy atom. The fourth-order valence-electron chi connectivity index (χ4n) is 1.47. The van der Waals surface area contributed by atoms with Crippen molar-refractivity contribution in [2.45, 2.75) is 13.5 Å². The molecular formula is C11H18N4O3. The quantitative estimate of drug-likeness (QED) is 0.612. The fraction of sp³-hybridized carbons (Fsp3) is 0.545. The van der Waals surface area contributed by atoms with Gasteiger partial charge < -0.3 is 20.3 Å². The second-order valence-electron chi connectivity index (χ2n) is 4.05. The van der Waals surface area contributed by atoms with Gasteiger partial charge in [0, 0.05) is 31.7 Å². The number of imidazole rings is 1. The SMILES string of the molecule is CNCC(C)C(=O)NCCn1cnc(C(=O)O)c1. The average molecular weight is 254 g/mol. The topological polar surface area (TPSA) is 96.3 Å². The summed E-state index contributed by atoms with van der Waals surface area (Å²) in [6, 6.07) is 0. The highest BCUT2D eigenvalue weighted by Crippen LogP contribution is 1.96. The van der Waals surface area contributed by atoms with Gasteiger partial charge in [0.1, 0.15) is 0 Å². The van der Waals surface area contributed by atoms with Crippen LogP contribution in [0.2, 0.25) is 0 Å². The van der Waals surface area contributed by atoms with Crippen LogP contribution < -0.4 is 10.6 Å². The average Bonchev–Trinajstić information content (AvgIpc) is 2.78. The maximum atomic E-state index is 11.6. The van der Waals surface area contributed by atoms with E-state index in [1.54, 1.807) is 11.6 Å². The minimum atomic E-state index is -1.06. The van der Waals surface area contributed by atoms with E-state index in [4.69, 9.17) is 5.11 Å². The van der Waals surface area contributed by atoms with Crippen molar-refractivity contribution in [3.63, 3.8) is 0 Å². The molecule has 7 heteroatoms. The van der Waals surface area contributed by atoms with Crippen LogP contribution in [-0.2, 0) is 11.3 Å². The number of aromatic carboxylic acids is 1. The molecule has 0 saturated carbocycles. The molecule has 0 aliphatic heterocycles. The molecule has 1 rings (SSSR count). The highest BCUT2D eigenvalue weighted by molar-refractivity contribution is 5.84. The number of nitrogens with zero attached hydrogens (tertiary/aromatic N) is 2. The first-order chi connectivity index (χ1) is 8.54. The number of nitrogens with one attached hydrogen (secondary N) is 2. The Morgan fingerprint density at radius 3 is 2.83 bits per heavy atom. The number of carboxylic acid groups (broad SMARTS) is 1. The second kappa shape index (κ2) is 6.75. The summed E-state index contributed by atoms with van der Waals surface area (Å²) in [6.45, 7) is 3.41. The maximum absolute atomic E-state index is 11.6. The van der Waals surface area contributed by atoms with Crippen molar-refractivity contribution in [2.75, 3.05) is 20.1 Å². The predicted molar refractivity (Wildman–Crippen MR) is 65.3 cm³/mol. The van der Waals surface area contributed by atoms with E-state index in [1.807, 2.05) is 6.92 Å². The van der Waals surface area contributed by atoms with Crippen molar-refractivity contribution in [2.24, 2.45) is 5.92 Å². The smallest absolute Gasteiger partial charge is 0.356 e. The Morgan fingerprint density at radius 2 is 2.28 bits per heavy atom. The zero-order chi connectivity index (χ0) is 13.5. The molecular weight excluding hydrogens is 236 g/mol. The molecule has 0 saturated heterocycles. The van der Waals surface area contributed by atoms with Gasteiger partial charge in [0.05, 0.1) is 6.33 Å². The molecule has 1 unspecified atom stereocenters. The number of amides is 1. The number of aromatic nitrogens is 2. The van der Waals surface area contributed by atoms with E-state index >= 15 is 0 Å². The molecule has 0 spiro atoms. The predicted octanol–water partition coefficient (Wildman–Crippen LogP) is -0.447. The zero-order valence-electron chi connectivity index (χ0n) is 10.5. The lowest BCUT2D eigenvalue weighted by Crippen LogP contribution is -2.35. The number of carbonyl (C=O) groups excluding carboxylic acids is 1. The van der Waals surface area contributed by atoms with Gasteiger partial charge in [-0.3, -0.25) is 4.79 Å². The summed E-state index contributed by atoms with van der Waals surface area (Å²) in [5.74, 6) is -1.17. The van der Waals surface area contributed by atoms with E-state index in [2.05, 4.69) is 15.6 Å². The molecule has 0 aromatic carbocycles. The van der Waals surface area contributed by atoms with Crippen molar-refractivity contribution >= 4 is 11.9 Å². The fourth-order valence-corrected chi connectivity index (χ4v) is 1.47. The summed E-state index contributed by atoms with van der Waals surface area (Å²) >= 11 is 0. The van der Waals surface area contributed by atoms with Crippen LogP contribution in [0, 0.1) is 5.92 Å². The van der Waals surface area contributed by atoms with Crippen molar-refractivity contribution in [3.8, 4) is 0 Å². The molecule has 1 amide bonds. The minimum Gasteiger partial charge on any atom is -0.476 e. The molecule has 0 radical (unpaired) electrons. The normalized spacial score (nSPS) is 12.1. The van der Waals surface area contributed by atoms with E-state index in [9.17, 15) is 9.59 Å². The first-order valence-electron chi connectivity index (χ1n) is 5.72. The molecule has 0 aliphatic rings. The van der Waals surface area contributed by atoms with Crippen LogP contribution in [0.5, 0.6) is 0 Å². The van der Waals surface area contributed by atoms with Gasteiger partial charge in [-0.05, 0) is 7.05 Å². The van der Waals surface area contributed by atoms with E-state index in [0.717, 1.165) is 0 Å². The molecule has 7 nitrogen and oxygen atoms in total. The first kappa shape index (κ1) is 14.2. The monoisotopic (exact) mass is 254 g/mol. The van der Waals surface area contributed by atoms with Gasteiger partial charge in [0.15, 0.2) is 5.69 Å². The largest absolute Gasteiger partial charge is 0.476 e. The van der Waals surface area contributed by atoms with Gasteiger partial charge in [-0.15, -0.1) is 0 Å². The lowest BCUT2D eigenvalue weighted by atomic mass is 10.1. The summed E-state index contributed by atoms with van der Waals surface area (Å²) in [7, 11) is 1.79. The van der Waals surface area contributed by atoms with Crippen LogP contribution in [0.4, 0.5) is 0 Å². The third-order valence-corrected chi connectivity index (χ3v) is 2.48. The van der Waals surface area contributed by atoms with Gasteiger partial charge in [-0.2, -0.15) is 0 Å². The van der Waals surface area contributed by atoms with Crippen molar-refractivity contribution in [1.82, 2.24) is 20.2 Å². The highest BCUT2D eigenvalue weighted by Gasteiger charge is 2.11. The molecule has 18 heavy (non-hydrogen) atoms. The van der Waals surface area contributed by atoms with Crippen LogP contribution >= 0.6 is 0 Å². The van der Waals surface area contributed by atoms with Gasteiger partial charge >= 0.3 is 5.97 Å². The van der Waals surface area contributed by atoms with E-state index in [0.29, 0.717) is 19.6 Å². The van der Waals surface area contributed by atoms with Gasteiger partial charge in [0.25, 0.3) is 0 Å². The number of hydrogen-bond acceptors (Lipinski definition) is 4. The lowest BCUT2D eigenvalue weighted by Gasteiger charge is -2.11. The van der Waals surface area contributed by atoms with E-state index < -0.39 is 5.97 Å². The van der Waals surface area contributed by atoms with Crippen molar-refractivity contribution in [3.05, 3.63) is 18.2 Å². The summed E-state index contributed by atoms with van der Waals surface area (Å²) in [5, 5.41) is 14.4. The van der Waals surface area contributed by atoms with Gasteiger partial charge in [-0.1, -0.05) is 6.92 Å². The molecule has 1 heterocycles. The first-order valence-corrected chi connectivity index (χ1v) is 5.72. The minimum absolute atomic E-state index is 0.00452. The molecule has 3 N–H and O–H groups in total. The molecule has 1 aromatic rings. The van der Waals surface area contributed by atoms with Crippen LogP contribution in [0.25, 0.3) is 0 Å². The van der Waals surface area contributed by atoms with Gasteiger partial charge in [0.2, 0.25) is 5.91 Å². The number of carboxylic acids is 1. The summed E-state index contributed by atoms with van der Waals surface area (Å²) < 4.78 is 1.63. The Labute approximate surface area is 105 Å². The Bertz CT molecular complexity index is 416. The Balaban J connectivity index is 2.32. The number of hydrogen-bond donors (Lipinski definition) is 3. The van der Waals surface area contributed by atoms with E-state index in [-0.39, 0.29) is 17.5 Å². The Hall–Kier alpha value is -1.89. The summed E-state index contributed by atoms with van der Waals surface area (Å²) in [4.78, 5) is 25.9.